The van der Waals surface area contributed by atoms with Crippen LogP contribution >= 0.6 is 11.6 Å². The fourth-order valence-electron chi connectivity index (χ4n) is 2.20. The summed E-state index contributed by atoms with van der Waals surface area (Å²) >= 11 is 5.90. The van der Waals surface area contributed by atoms with Crippen molar-refractivity contribution in [1.82, 2.24) is 0 Å². The van der Waals surface area contributed by atoms with Gasteiger partial charge >= 0.3 is 0 Å². The van der Waals surface area contributed by atoms with E-state index in [1.165, 1.54) is 11.1 Å². The first kappa shape index (κ1) is 12.7. The Bertz CT molecular complexity index is 394. The fraction of sp³-hybridized carbons (Fsp3) is 0.467. The van der Waals surface area contributed by atoms with Gasteiger partial charge in [-0.3, -0.25) is 0 Å². The number of ether oxygens (including phenoxy) is 1. The van der Waals surface area contributed by atoms with E-state index in [9.17, 15) is 0 Å². The standard InChI is InChI=1S/C15H19ClO/c1-10(2)14-8-11(3)9-15(17-14)12-4-6-13(16)7-5-12/h4-7,10,14-15H,3,8-9H2,1-2H3/t14-,15+/m0/s1. The van der Waals surface area contributed by atoms with E-state index < -0.39 is 0 Å². The summed E-state index contributed by atoms with van der Waals surface area (Å²) in [6.07, 6.45) is 2.34. The summed E-state index contributed by atoms with van der Waals surface area (Å²) in [7, 11) is 0. The van der Waals surface area contributed by atoms with Gasteiger partial charge in [0.15, 0.2) is 0 Å². The van der Waals surface area contributed by atoms with E-state index in [2.05, 4.69) is 20.4 Å². The Morgan fingerprint density at radius 1 is 1.24 bits per heavy atom. The zero-order chi connectivity index (χ0) is 12.4. The lowest BCUT2D eigenvalue weighted by Gasteiger charge is -2.34. The smallest absolute Gasteiger partial charge is 0.0865 e. The zero-order valence-corrected chi connectivity index (χ0v) is 11.2. The van der Waals surface area contributed by atoms with Gasteiger partial charge in [0.1, 0.15) is 0 Å². The van der Waals surface area contributed by atoms with Crippen molar-refractivity contribution in [2.24, 2.45) is 5.92 Å². The molecule has 1 aliphatic rings. The fourth-order valence-corrected chi connectivity index (χ4v) is 2.33. The first-order valence-electron chi connectivity index (χ1n) is 6.14. The number of hydrogen-bond acceptors (Lipinski definition) is 1. The van der Waals surface area contributed by atoms with Crippen molar-refractivity contribution in [2.75, 3.05) is 0 Å². The van der Waals surface area contributed by atoms with Crippen molar-refractivity contribution in [3.8, 4) is 0 Å². The predicted octanol–water partition coefficient (Wildman–Crippen LogP) is 4.77. The molecule has 92 valence electrons. The highest BCUT2D eigenvalue weighted by atomic mass is 35.5. The lowest BCUT2D eigenvalue weighted by atomic mass is 9.90. The Labute approximate surface area is 108 Å². The van der Waals surface area contributed by atoms with E-state index in [-0.39, 0.29) is 12.2 Å². The van der Waals surface area contributed by atoms with E-state index in [1.54, 1.807) is 0 Å². The van der Waals surface area contributed by atoms with E-state index >= 15 is 0 Å². The third kappa shape index (κ3) is 3.11. The maximum Gasteiger partial charge on any atom is 0.0865 e. The Hall–Kier alpha value is -0.790. The maximum atomic E-state index is 6.14. The Morgan fingerprint density at radius 2 is 1.88 bits per heavy atom. The summed E-state index contributed by atoms with van der Waals surface area (Å²) in [5.74, 6) is 0.529. The normalized spacial score (nSPS) is 25.3. The molecule has 0 bridgehead atoms. The molecule has 0 radical (unpaired) electrons. The molecule has 1 aliphatic heterocycles. The summed E-state index contributed by atoms with van der Waals surface area (Å²) in [5.41, 5.74) is 2.48. The molecule has 0 saturated carbocycles. The van der Waals surface area contributed by atoms with Crippen LogP contribution in [0.3, 0.4) is 0 Å². The van der Waals surface area contributed by atoms with Crippen LogP contribution in [0.2, 0.25) is 5.02 Å². The number of hydrogen-bond donors (Lipinski definition) is 0. The van der Waals surface area contributed by atoms with E-state index in [0.29, 0.717) is 5.92 Å². The minimum Gasteiger partial charge on any atom is -0.369 e. The second-order valence-electron chi connectivity index (χ2n) is 5.12. The average molecular weight is 251 g/mol. The molecule has 2 rings (SSSR count). The minimum absolute atomic E-state index is 0.140. The van der Waals surface area contributed by atoms with Gasteiger partial charge in [0.25, 0.3) is 0 Å². The molecule has 2 atom stereocenters. The summed E-state index contributed by atoms with van der Waals surface area (Å²) in [5, 5.41) is 0.767. The molecular weight excluding hydrogens is 232 g/mol. The van der Waals surface area contributed by atoms with Crippen molar-refractivity contribution < 1.29 is 4.74 Å². The van der Waals surface area contributed by atoms with Gasteiger partial charge in [-0.1, -0.05) is 49.7 Å². The first-order chi connectivity index (χ1) is 8.06. The number of rotatable bonds is 2. The van der Waals surface area contributed by atoms with E-state index in [0.717, 1.165) is 17.9 Å². The molecule has 0 unspecified atom stereocenters. The molecule has 0 spiro atoms. The molecule has 1 saturated heterocycles. The molecule has 0 amide bonds. The lowest BCUT2D eigenvalue weighted by molar-refractivity contribution is -0.0550. The van der Waals surface area contributed by atoms with Crippen LogP contribution in [-0.4, -0.2) is 6.10 Å². The molecule has 1 fully saturated rings. The van der Waals surface area contributed by atoms with Gasteiger partial charge in [-0.05, 0) is 36.5 Å². The van der Waals surface area contributed by atoms with Gasteiger partial charge in [0.05, 0.1) is 12.2 Å². The van der Waals surface area contributed by atoms with Crippen molar-refractivity contribution in [3.05, 3.63) is 47.0 Å². The van der Waals surface area contributed by atoms with Gasteiger partial charge in [0.2, 0.25) is 0 Å². The molecule has 1 heterocycles. The largest absolute Gasteiger partial charge is 0.369 e. The van der Waals surface area contributed by atoms with E-state index in [1.807, 2.05) is 24.3 Å². The molecule has 2 heteroatoms. The van der Waals surface area contributed by atoms with Crippen molar-refractivity contribution >= 4 is 11.6 Å². The van der Waals surface area contributed by atoms with Gasteiger partial charge in [-0.15, -0.1) is 0 Å². The molecule has 0 aromatic heterocycles. The average Bonchev–Trinajstić information content (AvgIpc) is 2.29. The van der Waals surface area contributed by atoms with Crippen molar-refractivity contribution in [2.45, 2.75) is 38.9 Å². The first-order valence-corrected chi connectivity index (χ1v) is 6.51. The summed E-state index contributed by atoms with van der Waals surface area (Å²) in [6, 6.07) is 7.93. The zero-order valence-electron chi connectivity index (χ0n) is 10.4. The van der Waals surface area contributed by atoms with Crippen LogP contribution in [0.1, 0.15) is 38.4 Å². The third-order valence-electron chi connectivity index (χ3n) is 3.29. The van der Waals surface area contributed by atoms with Crippen LogP contribution in [0.5, 0.6) is 0 Å². The third-order valence-corrected chi connectivity index (χ3v) is 3.54. The molecule has 1 nitrogen and oxygen atoms in total. The van der Waals surface area contributed by atoms with Crippen LogP contribution in [0.25, 0.3) is 0 Å². The second kappa shape index (κ2) is 5.24. The van der Waals surface area contributed by atoms with Crippen LogP contribution in [0.15, 0.2) is 36.4 Å². The van der Waals surface area contributed by atoms with Crippen LogP contribution in [-0.2, 0) is 4.74 Å². The van der Waals surface area contributed by atoms with Crippen LogP contribution in [0.4, 0.5) is 0 Å². The highest BCUT2D eigenvalue weighted by Crippen LogP contribution is 2.36. The lowest BCUT2D eigenvalue weighted by Crippen LogP contribution is -2.27. The molecule has 17 heavy (non-hydrogen) atoms. The molecule has 1 aromatic rings. The molecular formula is C15H19ClO. The van der Waals surface area contributed by atoms with Crippen LogP contribution in [0, 0.1) is 5.92 Å². The summed E-state index contributed by atoms with van der Waals surface area (Å²) in [6.45, 7) is 8.53. The highest BCUT2D eigenvalue weighted by molar-refractivity contribution is 6.30. The van der Waals surface area contributed by atoms with E-state index in [4.69, 9.17) is 16.3 Å². The Kier molecular flexibility index (Phi) is 3.90. The van der Waals surface area contributed by atoms with Crippen LogP contribution < -0.4 is 0 Å². The predicted molar refractivity (Wildman–Crippen MR) is 72.3 cm³/mol. The van der Waals surface area contributed by atoms with Gasteiger partial charge in [-0.25, -0.2) is 0 Å². The monoisotopic (exact) mass is 250 g/mol. The SMILES string of the molecule is C=C1C[C@@H](C(C)C)O[C@@H](c2ccc(Cl)cc2)C1. The topological polar surface area (TPSA) is 9.23 Å². The molecule has 0 N–H and O–H groups in total. The number of benzene rings is 1. The maximum absolute atomic E-state index is 6.14. The summed E-state index contributed by atoms with van der Waals surface area (Å²) in [4.78, 5) is 0. The summed E-state index contributed by atoms with van der Waals surface area (Å²) < 4.78 is 6.14. The second-order valence-corrected chi connectivity index (χ2v) is 5.55. The Balaban J connectivity index is 2.15. The quantitative estimate of drug-likeness (QED) is 0.687. The minimum atomic E-state index is 0.140. The van der Waals surface area contributed by atoms with Gasteiger partial charge < -0.3 is 4.74 Å². The molecule has 1 aromatic carbocycles. The van der Waals surface area contributed by atoms with Gasteiger partial charge in [-0.2, -0.15) is 0 Å². The van der Waals surface area contributed by atoms with Crippen molar-refractivity contribution in [1.29, 1.82) is 0 Å². The molecule has 0 aliphatic carbocycles. The highest BCUT2D eigenvalue weighted by Gasteiger charge is 2.27. The Morgan fingerprint density at radius 3 is 2.47 bits per heavy atom. The number of halogens is 1. The van der Waals surface area contributed by atoms with Gasteiger partial charge in [0, 0.05) is 5.02 Å². The van der Waals surface area contributed by atoms with Crippen molar-refractivity contribution in [3.63, 3.8) is 0 Å².